The zero-order chi connectivity index (χ0) is 18.7. The van der Waals surface area contributed by atoms with Gasteiger partial charge in [0.05, 0.1) is 17.5 Å². The zero-order valence-corrected chi connectivity index (χ0v) is 14.2. The molecule has 0 saturated heterocycles. The van der Waals surface area contributed by atoms with Crippen molar-refractivity contribution in [2.24, 2.45) is 0 Å². The van der Waals surface area contributed by atoms with E-state index in [-0.39, 0.29) is 10.9 Å². The molecule has 0 aliphatic heterocycles. The van der Waals surface area contributed by atoms with E-state index in [0.29, 0.717) is 22.2 Å². The molecule has 0 fully saturated rings. The van der Waals surface area contributed by atoms with Crippen LogP contribution in [-0.4, -0.2) is 43.2 Å². The first-order valence-corrected chi connectivity index (χ1v) is 8.53. The number of nitrogens with zero attached hydrogens (tertiary/aromatic N) is 1. The van der Waals surface area contributed by atoms with Crippen LogP contribution >= 0.6 is 11.8 Å². The van der Waals surface area contributed by atoms with E-state index in [4.69, 9.17) is 10.2 Å². The molecule has 132 valence electrons. The van der Waals surface area contributed by atoms with Gasteiger partial charge in [0.25, 0.3) is 0 Å². The van der Waals surface area contributed by atoms with Crippen LogP contribution in [0.4, 0.5) is 0 Å². The minimum atomic E-state index is -1.22. The highest BCUT2D eigenvalue weighted by Gasteiger charge is 2.24. The predicted molar refractivity (Wildman–Crippen MR) is 95.5 cm³/mol. The molecule has 2 aromatic carbocycles. The molecule has 3 rings (SSSR count). The van der Waals surface area contributed by atoms with Gasteiger partial charge in [-0.25, -0.2) is 4.98 Å². The second kappa shape index (κ2) is 7.40. The number of carbonyl (C=O) groups excluding carboxylic acids is 1. The maximum Gasteiger partial charge on any atom is 0.317 e. The Morgan fingerprint density at radius 2 is 1.77 bits per heavy atom. The summed E-state index contributed by atoms with van der Waals surface area (Å²) >= 11 is 0.830. The number of aliphatic carboxylic acids is 2. The maximum atomic E-state index is 12.5. The van der Waals surface area contributed by atoms with Crippen molar-refractivity contribution in [2.75, 3.05) is 0 Å². The third kappa shape index (κ3) is 3.92. The largest absolute Gasteiger partial charge is 0.481 e. The second-order valence-electron chi connectivity index (χ2n) is 5.51. The number of ketones is 1. The summed E-state index contributed by atoms with van der Waals surface area (Å²) in [7, 11) is 0. The number of fused-ring (bicyclic) bond motifs is 1. The first-order chi connectivity index (χ1) is 12.4. The third-order valence-corrected chi connectivity index (χ3v) is 4.72. The molecule has 0 radical (unpaired) electrons. The van der Waals surface area contributed by atoms with Crippen LogP contribution in [0.2, 0.25) is 0 Å². The summed E-state index contributed by atoms with van der Waals surface area (Å²) < 4.78 is 0. The number of aromatic nitrogens is 2. The molecular formula is C18H14N2O5S. The van der Waals surface area contributed by atoms with Crippen LogP contribution in [0.5, 0.6) is 0 Å². The van der Waals surface area contributed by atoms with Gasteiger partial charge in [-0.05, 0) is 18.2 Å². The fourth-order valence-electron chi connectivity index (χ4n) is 2.41. The normalized spacial score (nSPS) is 12.0. The lowest BCUT2D eigenvalue weighted by molar-refractivity contribution is -0.142. The van der Waals surface area contributed by atoms with Crippen LogP contribution in [0.15, 0.2) is 53.7 Å². The third-order valence-electron chi connectivity index (χ3n) is 3.65. The molecule has 0 bridgehead atoms. The highest BCUT2D eigenvalue weighted by Crippen LogP contribution is 2.26. The van der Waals surface area contributed by atoms with Crippen molar-refractivity contribution in [3.05, 3.63) is 59.7 Å². The Kier molecular flexibility index (Phi) is 5.04. The van der Waals surface area contributed by atoms with E-state index < -0.39 is 23.6 Å². The molecular weight excluding hydrogens is 356 g/mol. The Balaban J connectivity index is 1.86. The Bertz CT molecular complexity index is 984. The Labute approximate surface area is 152 Å². The number of carbonyl (C=O) groups is 3. The number of carboxylic acid groups (broad SMARTS) is 2. The van der Waals surface area contributed by atoms with E-state index >= 15 is 0 Å². The Hall–Kier alpha value is -3.13. The number of nitrogens with one attached hydrogen (secondary N) is 1. The van der Waals surface area contributed by atoms with Gasteiger partial charge < -0.3 is 15.2 Å². The highest BCUT2D eigenvalue weighted by molar-refractivity contribution is 8.00. The minimum absolute atomic E-state index is 0.134. The number of carboxylic acids is 2. The topological polar surface area (TPSA) is 120 Å². The summed E-state index contributed by atoms with van der Waals surface area (Å²) in [4.78, 5) is 41.7. The van der Waals surface area contributed by atoms with E-state index in [9.17, 15) is 14.4 Å². The van der Waals surface area contributed by atoms with Gasteiger partial charge in [-0.2, -0.15) is 0 Å². The fraction of sp³-hybridized carbons (Fsp3) is 0.111. The number of H-pyrrole nitrogens is 1. The number of benzene rings is 2. The number of aromatic amines is 1. The van der Waals surface area contributed by atoms with E-state index in [1.54, 1.807) is 42.5 Å². The van der Waals surface area contributed by atoms with Crippen molar-refractivity contribution >= 4 is 40.5 Å². The summed E-state index contributed by atoms with van der Waals surface area (Å²) in [6, 6.07) is 13.8. The number of hydrogen-bond acceptors (Lipinski definition) is 5. The predicted octanol–water partition coefficient (Wildman–Crippen LogP) is 2.81. The number of thioether (sulfide) groups is 1. The maximum absolute atomic E-state index is 12.5. The Morgan fingerprint density at radius 1 is 1.04 bits per heavy atom. The van der Waals surface area contributed by atoms with Crippen LogP contribution in [0.25, 0.3) is 11.0 Å². The molecule has 26 heavy (non-hydrogen) atoms. The van der Waals surface area contributed by atoms with Crippen LogP contribution in [0.3, 0.4) is 0 Å². The van der Waals surface area contributed by atoms with E-state index in [1.807, 2.05) is 6.07 Å². The lowest BCUT2D eigenvalue weighted by Gasteiger charge is -2.06. The lowest BCUT2D eigenvalue weighted by Crippen LogP contribution is -2.20. The van der Waals surface area contributed by atoms with E-state index in [0.717, 1.165) is 11.8 Å². The van der Waals surface area contributed by atoms with Crippen LogP contribution in [-0.2, 0) is 9.59 Å². The molecule has 0 saturated carbocycles. The SMILES string of the molecule is O=C(O)CC(Sc1nc2ccc(C(=O)c3ccccc3)cc2[nH]1)C(=O)O. The standard InChI is InChI=1S/C18H14N2O5S/c21-15(22)9-14(17(24)25)26-18-19-12-7-6-11(8-13(12)20-18)16(23)10-4-2-1-3-5-10/h1-8,14H,9H2,(H,19,20)(H,21,22)(H,24,25). The average Bonchev–Trinajstić information content (AvgIpc) is 3.02. The second-order valence-corrected chi connectivity index (χ2v) is 6.70. The molecule has 3 N–H and O–H groups in total. The Morgan fingerprint density at radius 3 is 2.42 bits per heavy atom. The summed E-state index contributed by atoms with van der Waals surface area (Å²) in [6.45, 7) is 0. The smallest absolute Gasteiger partial charge is 0.317 e. The summed E-state index contributed by atoms with van der Waals surface area (Å²) in [5, 5.41) is 17.1. The van der Waals surface area contributed by atoms with Crippen molar-refractivity contribution in [3.8, 4) is 0 Å². The molecule has 1 aromatic heterocycles. The van der Waals surface area contributed by atoms with Gasteiger partial charge in [0.15, 0.2) is 10.9 Å². The molecule has 3 aromatic rings. The van der Waals surface area contributed by atoms with Gasteiger partial charge in [0.1, 0.15) is 5.25 Å². The molecule has 0 aliphatic rings. The lowest BCUT2D eigenvalue weighted by atomic mass is 10.0. The first kappa shape index (κ1) is 17.7. The van der Waals surface area contributed by atoms with Crippen molar-refractivity contribution in [2.45, 2.75) is 16.8 Å². The zero-order valence-electron chi connectivity index (χ0n) is 13.4. The van der Waals surface area contributed by atoms with Gasteiger partial charge in [-0.15, -0.1) is 0 Å². The minimum Gasteiger partial charge on any atom is -0.481 e. The average molecular weight is 370 g/mol. The van der Waals surface area contributed by atoms with Crippen molar-refractivity contribution in [3.63, 3.8) is 0 Å². The highest BCUT2D eigenvalue weighted by atomic mass is 32.2. The first-order valence-electron chi connectivity index (χ1n) is 7.65. The van der Waals surface area contributed by atoms with Crippen LogP contribution < -0.4 is 0 Å². The van der Waals surface area contributed by atoms with Gasteiger partial charge in [0.2, 0.25) is 0 Å². The molecule has 1 unspecified atom stereocenters. The molecule has 7 nitrogen and oxygen atoms in total. The molecule has 0 spiro atoms. The quantitative estimate of drug-likeness (QED) is 0.432. The van der Waals surface area contributed by atoms with Crippen LogP contribution in [0, 0.1) is 0 Å². The van der Waals surface area contributed by atoms with Gasteiger partial charge in [-0.1, -0.05) is 42.1 Å². The molecule has 8 heteroatoms. The number of rotatable bonds is 7. The van der Waals surface area contributed by atoms with Crippen LogP contribution in [0.1, 0.15) is 22.3 Å². The van der Waals surface area contributed by atoms with Gasteiger partial charge in [-0.3, -0.25) is 14.4 Å². The van der Waals surface area contributed by atoms with Crippen molar-refractivity contribution < 1.29 is 24.6 Å². The summed E-state index contributed by atoms with van der Waals surface area (Å²) in [6.07, 6.45) is -0.519. The molecule has 1 atom stereocenters. The van der Waals surface area contributed by atoms with Gasteiger partial charge >= 0.3 is 11.9 Å². The molecule has 0 amide bonds. The number of hydrogen-bond donors (Lipinski definition) is 3. The summed E-state index contributed by atoms with van der Waals surface area (Å²) in [5.74, 6) is -2.56. The van der Waals surface area contributed by atoms with Crippen molar-refractivity contribution in [1.82, 2.24) is 9.97 Å². The molecule has 1 heterocycles. The van der Waals surface area contributed by atoms with Gasteiger partial charge in [0, 0.05) is 11.1 Å². The van der Waals surface area contributed by atoms with Crippen molar-refractivity contribution in [1.29, 1.82) is 0 Å². The fourth-order valence-corrected chi connectivity index (χ4v) is 3.33. The molecule has 0 aliphatic carbocycles. The van der Waals surface area contributed by atoms with E-state index in [1.165, 1.54) is 0 Å². The monoisotopic (exact) mass is 370 g/mol. The van der Waals surface area contributed by atoms with E-state index in [2.05, 4.69) is 9.97 Å². The summed E-state index contributed by atoms with van der Waals surface area (Å²) in [5.41, 5.74) is 2.18. The number of imidazole rings is 1.